The second kappa shape index (κ2) is 5.31. The van der Waals surface area contributed by atoms with Gasteiger partial charge in [-0.2, -0.15) is 4.98 Å². The zero-order valence-corrected chi connectivity index (χ0v) is 14.1. The molecule has 0 fully saturated rings. The summed E-state index contributed by atoms with van der Waals surface area (Å²) in [7, 11) is 3.92. The molecule has 20 heavy (non-hydrogen) atoms. The molecule has 3 rings (SSSR count). The van der Waals surface area contributed by atoms with Crippen LogP contribution >= 0.6 is 38.9 Å². The normalized spacial score (nSPS) is 11.0. The minimum atomic E-state index is 0.283. The SMILES string of the molecule is CN(C)c1nc(Cl)nc2scc(-c3ccc(Br)cc3)c12. The molecule has 0 unspecified atom stereocenters. The highest BCUT2D eigenvalue weighted by atomic mass is 79.9. The average molecular weight is 369 g/mol. The second-order valence-electron chi connectivity index (χ2n) is 4.55. The van der Waals surface area contributed by atoms with Crippen LogP contribution in [0, 0.1) is 0 Å². The highest BCUT2D eigenvalue weighted by Crippen LogP contribution is 2.38. The number of thiophene rings is 1. The van der Waals surface area contributed by atoms with Crippen molar-refractivity contribution in [2.45, 2.75) is 0 Å². The van der Waals surface area contributed by atoms with Gasteiger partial charge in [-0.3, -0.25) is 0 Å². The van der Waals surface area contributed by atoms with Gasteiger partial charge < -0.3 is 4.90 Å². The summed E-state index contributed by atoms with van der Waals surface area (Å²) in [5.74, 6) is 0.846. The smallest absolute Gasteiger partial charge is 0.225 e. The van der Waals surface area contributed by atoms with E-state index in [0.717, 1.165) is 31.6 Å². The Morgan fingerprint density at radius 2 is 1.85 bits per heavy atom. The lowest BCUT2D eigenvalue weighted by Crippen LogP contribution is -2.11. The van der Waals surface area contributed by atoms with Gasteiger partial charge in [0.1, 0.15) is 10.6 Å². The fraction of sp³-hybridized carbons (Fsp3) is 0.143. The zero-order valence-electron chi connectivity index (χ0n) is 10.9. The van der Waals surface area contributed by atoms with Crippen molar-refractivity contribution in [3.05, 3.63) is 39.4 Å². The van der Waals surface area contributed by atoms with Crippen LogP contribution in [-0.4, -0.2) is 24.1 Å². The summed E-state index contributed by atoms with van der Waals surface area (Å²) in [6, 6.07) is 8.23. The quantitative estimate of drug-likeness (QED) is 0.606. The molecule has 2 aromatic heterocycles. The monoisotopic (exact) mass is 367 g/mol. The fourth-order valence-electron chi connectivity index (χ4n) is 2.06. The predicted molar refractivity (Wildman–Crippen MR) is 89.9 cm³/mol. The van der Waals surface area contributed by atoms with E-state index >= 15 is 0 Å². The van der Waals surface area contributed by atoms with Gasteiger partial charge in [0.25, 0.3) is 0 Å². The Balaban J connectivity index is 2.29. The number of fused-ring (bicyclic) bond motifs is 1. The van der Waals surface area contributed by atoms with Gasteiger partial charge in [0.05, 0.1) is 5.39 Å². The first-order valence-corrected chi connectivity index (χ1v) is 7.99. The maximum atomic E-state index is 6.00. The molecular formula is C14H11BrClN3S. The average Bonchev–Trinajstić information content (AvgIpc) is 2.82. The minimum absolute atomic E-state index is 0.283. The first-order valence-electron chi connectivity index (χ1n) is 5.94. The van der Waals surface area contributed by atoms with Crippen LogP contribution < -0.4 is 4.90 Å². The summed E-state index contributed by atoms with van der Waals surface area (Å²) in [5.41, 5.74) is 2.28. The minimum Gasteiger partial charge on any atom is -0.362 e. The number of hydrogen-bond donors (Lipinski definition) is 0. The Hall–Kier alpha value is -1.17. The van der Waals surface area contributed by atoms with E-state index in [-0.39, 0.29) is 5.28 Å². The maximum absolute atomic E-state index is 6.00. The highest BCUT2D eigenvalue weighted by molar-refractivity contribution is 9.10. The van der Waals surface area contributed by atoms with E-state index in [2.05, 4.69) is 43.4 Å². The summed E-state index contributed by atoms with van der Waals surface area (Å²) in [6.07, 6.45) is 0. The molecule has 3 nitrogen and oxygen atoms in total. The molecule has 0 aliphatic rings. The first-order chi connectivity index (χ1) is 9.56. The molecule has 0 aliphatic heterocycles. The van der Waals surface area contributed by atoms with Crippen molar-refractivity contribution in [3.63, 3.8) is 0 Å². The molecule has 0 radical (unpaired) electrons. The van der Waals surface area contributed by atoms with Gasteiger partial charge in [-0.25, -0.2) is 4.98 Å². The summed E-state index contributed by atoms with van der Waals surface area (Å²) in [5, 5.41) is 3.43. The Bertz CT molecular complexity index is 768. The Kier molecular flexibility index (Phi) is 3.67. The number of anilines is 1. The number of nitrogens with zero attached hydrogens (tertiary/aromatic N) is 3. The lowest BCUT2D eigenvalue weighted by Gasteiger charge is -2.13. The Labute approximate surface area is 134 Å². The molecule has 0 saturated heterocycles. The molecule has 0 bridgehead atoms. The molecule has 0 atom stereocenters. The van der Waals surface area contributed by atoms with Crippen molar-refractivity contribution in [1.29, 1.82) is 0 Å². The summed E-state index contributed by atoms with van der Waals surface area (Å²) in [4.78, 5) is 11.5. The largest absolute Gasteiger partial charge is 0.362 e. The second-order valence-corrected chi connectivity index (χ2v) is 6.66. The van der Waals surface area contributed by atoms with E-state index in [0.29, 0.717) is 0 Å². The number of benzene rings is 1. The van der Waals surface area contributed by atoms with Gasteiger partial charge in [-0.1, -0.05) is 28.1 Å². The Morgan fingerprint density at radius 3 is 2.50 bits per heavy atom. The van der Waals surface area contributed by atoms with E-state index in [1.807, 2.05) is 31.1 Å². The van der Waals surface area contributed by atoms with Crippen LogP contribution in [0.2, 0.25) is 5.28 Å². The third-order valence-electron chi connectivity index (χ3n) is 2.97. The molecule has 0 N–H and O–H groups in total. The maximum Gasteiger partial charge on any atom is 0.225 e. The molecule has 6 heteroatoms. The summed E-state index contributed by atoms with van der Waals surface area (Å²) in [6.45, 7) is 0. The molecule has 0 spiro atoms. The molecular weight excluding hydrogens is 358 g/mol. The van der Waals surface area contributed by atoms with Crippen molar-refractivity contribution >= 4 is 54.9 Å². The molecule has 102 valence electrons. The Morgan fingerprint density at radius 1 is 1.15 bits per heavy atom. The summed E-state index contributed by atoms with van der Waals surface area (Å²) < 4.78 is 1.06. The van der Waals surface area contributed by atoms with Crippen molar-refractivity contribution in [2.75, 3.05) is 19.0 Å². The van der Waals surface area contributed by atoms with Crippen LogP contribution in [0.25, 0.3) is 21.3 Å². The van der Waals surface area contributed by atoms with Crippen molar-refractivity contribution in [3.8, 4) is 11.1 Å². The van der Waals surface area contributed by atoms with E-state index < -0.39 is 0 Å². The van der Waals surface area contributed by atoms with Crippen LogP contribution in [0.15, 0.2) is 34.1 Å². The lowest BCUT2D eigenvalue weighted by molar-refractivity contribution is 1.06. The van der Waals surface area contributed by atoms with E-state index in [1.54, 1.807) is 11.3 Å². The molecule has 1 aromatic carbocycles. The van der Waals surface area contributed by atoms with Crippen LogP contribution in [-0.2, 0) is 0 Å². The van der Waals surface area contributed by atoms with Gasteiger partial charge in [-0.05, 0) is 29.3 Å². The molecule has 0 saturated carbocycles. The fourth-order valence-corrected chi connectivity index (χ4v) is 3.48. The highest BCUT2D eigenvalue weighted by Gasteiger charge is 2.15. The van der Waals surface area contributed by atoms with Gasteiger partial charge >= 0.3 is 0 Å². The molecule has 3 aromatic rings. The van der Waals surface area contributed by atoms with Gasteiger partial charge in [-0.15, -0.1) is 11.3 Å². The van der Waals surface area contributed by atoms with Crippen LogP contribution in [0.1, 0.15) is 0 Å². The number of aromatic nitrogens is 2. The first kappa shape index (κ1) is 13.8. The van der Waals surface area contributed by atoms with Gasteiger partial charge in [0.15, 0.2) is 0 Å². The zero-order chi connectivity index (χ0) is 14.3. The van der Waals surface area contributed by atoms with Gasteiger partial charge in [0.2, 0.25) is 5.28 Å². The van der Waals surface area contributed by atoms with Crippen molar-refractivity contribution in [1.82, 2.24) is 9.97 Å². The van der Waals surface area contributed by atoms with Crippen molar-refractivity contribution < 1.29 is 0 Å². The number of hydrogen-bond acceptors (Lipinski definition) is 4. The van der Waals surface area contributed by atoms with Crippen LogP contribution in [0.4, 0.5) is 5.82 Å². The molecule has 2 heterocycles. The van der Waals surface area contributed by atoms with E-state index in [9.17, 15) is 0 Å². The standard InChI is InChI=1S/C14H11BrClN3S/c1-19(2)12-11-10(8-3-5-9(15)6-4-8)7-20-13(11)18-14(16)17-12/h3-7H,1-2H3. The van der Waals surface area contributed by atoms with Gasteiger partial charge in [0, 0.05) is 29.5 Å². The number of halogens is 2. The van der Waals surface area contributed by atoms with E-state index in [1.165, 1.54) is 0 Å². The third-order valence-corrected chi connectivity index (χ3v) is 4.54. The third kappa shape index (κ3) is 2.41. The number of rotatable bonds is 2. The lowest BCUT2D eigenvalue weighted by atomic mass is 10.1. The molecule has 0 aliphatic carbocycles. The van der Waals surface area contributed by atoms with Crippen LogP contribution in [0.5, 0.6) is 0 Å². The topological polar surface area (TPSA) is 29.0 Å². The van der Waals surface area contributed by atoms with E-state index in [4.69, 9.17) is 11.6 Å². The summed E-state index contributed by atoms with van der Waals surface area (Å²) >= 11 is 11.0. The van der Waals surface area contributed by atoms with Crippen LogP contribution in [0.3, 0.4) is 0 Å². The van der Waals surface area contributed by atoms with Crippen molar-refractivity contribution in [2.24, 2.45) is 0 Å². The molecule has 0 amide bonds. The predicted octanol–water partition coefficient (Wildman–Crippen LogP) is 4.84.